The van der Waals surface area contributed by atoms with E-state index in [1.165, 1.54) is 17.2 Å². The highest BCUT2D eigenvalue weighted by molar-refractivity contribution is 5.95. The van der Waals surface area contributed by atoms with Gasteiger partial charge in [-0.3, -0.25) is 14.9 Å². The fourth-order valence-corrected chi connectivity index (χ4v) is 2.67. The first-order chi connectivity index (χ1) is 10.6. The molecule has 1 aliphatic rings. The number of rotatable bonds is 4. The van der Waals surface area contributed by atoms with E-state index in [0.29, 0.717) is 6.54 Å². The lowest BCUT2D eigenvalue weighted by Gasteiger charge is -2.30. The molecule has 0 unspecified atom stereocenters. The zero-order valence-electron chi connectivity index (χ0n) is 11.7. The zero-order chi connectivity index (χ0) is 15.7. The Labute approximate surface area is 126 Å². The van der Waals surface area contributed by atoms with Crippen LogP contribution in [0.25, 0.3) is 0 Å². The summed E-state index contributed by atoms with van der Waals surface area (Å²) in [5.74, 6) is -0.547. The third-order valence-electron chi connectivity index (χ3n) is 3.90. The minimum absolute atomic E-state index is 0.164. The van der Waals surface area contributed by atoms with Crippen molar-refractivity contribution >= 4 is 11.6 Å². The van der Waals surface area contributed by atoms with Crippen molar-refractivity contribution in [3.8, 4) is 5.75 Å². The predicted molar refractivity (Wildman–Crippen MR) is 80.0 cm³/mol. The number of nitrogens with zero attached hydrogens (tertiary/aromatic N) is 1. The SMILES string of the molecule is O=C(NC[C@@H]1Cc2ccccc21)c1ccc(O)c([N+](=O)[O-])c1. The van der Waals surface area contributed by atoms with Crippen LogP contribution in [0.5, 0.6) is 5.75 Å². The number of carbonyl (C=O) groups excluding carboxylic acids is 1. The van der Waals surface area contributed by atoms with Gasteiger partial charge in [0.15, 0.2) is 5.75 Å². The molecule has 1 amide bonds. The first-order valence-electron chi connectivity index (χ1n) is 6.89. The van der Waals surface area contributed by atoms with Crippen LogP contribution in [-0.2, 0) is 6.42 Å². The van der Waals surface area contributed by atoms with Gasteiger partial charge in [-0.15, -0.1) is 0 Å². The lowest BCUT2D eigenvalue weighted by Crippen LogP contribution is -2.33. The molecule has 0 bridgehead atoms. The molecule has 0 saturated carbocycles. The molecule has 0 aliphatic heterocycles. The van der Waals surface area contributed by atoms with Gasteiger partial charge >= 0.3 is 5.69 Å². The molecule has 6 nitrogen and oxygen atoms in total. The fraction of sp³-hybridized carbons (Fsp3) is 0.188. The monoisotopic (exact) mass is 298 g/mol. The maximum Gasteiger partial charge on any atom is 0.311 e. The smallest absolute Gasteiger partial charge is 0.311 e. The van der Waals surface area contributed by atoms with Crippen molar-refractivity contribution in [2.75, 3.05) is 6.54 Å². The quantitative estimate of drug-likeness (QED) is 0.669. The van der Waals surface area contributed by atoms with Gasteiger partial charge in [0.05, 0.1) is 4.92 Å². The number of nitro benzene ring substituents is 1. The summed E-state index contributed by atoms with van der Waals surface area (Å²) in [5.41, 5.74) is 2.22. The number of carbonyl (C=O) groups is 1. The molecule has 1 atom stereocenters. The summed E-state index contributed by atoms with van der Waals surface area (Å²) < 4.78 is 0. The van der Waals surface area contributed by atoms with Crippen LogP contribution in [-0.4, -0.2) is 22.5 Å². The van der Waals surface area contributed by atoms with Crippen LogP contribution in [0.1, 0.15) is 27.4 Å². The third-order valence-corrected chi connectivity index (χ3v) is 3.90. The minimum atomic E-state index is -0.714. The van der Waals surface area contributed by atoms with E-state index in [1.54, 1.807) is 0 Å². The molecule has 0 radical (unpaired) electrons. The molecular weight excluding hydrogens is 284 g/mol. The summed E-state index contributed by atoms with van der Waals surface area (Å²) in [6.07, 6.45) is 0.923. The Bertz CT molecular complexity index is 758. The number of hydrogen-bond acceptors (Lipinski definition) is 4. The Balaban J connectivity index is 1.66. The van der Waals surface area contributed by atoms with Crippen molar-refractivity contribution in [2.24, 2.45) is 0 Å². The van der Waals surface area contributed by atoms with Crippen LogP contribution in [0.4, 0.5) is 5.69 Å². The number of benzene rings is 2. The van der Waals surface area contributed by atoms with Crippen LogP contribution >= 0.6 is 0 Å². The summed E-state index contributed by atoms with van der Waals surface area (Å²) in [6, 6.07) is 11.7. The van der Waals surface area contributed by atoms with E-state index in [0.717, 1.165) is 18.6 Å². The van der Waals surface area contributed by atoms with Crippen LogP contribution in [0, 0.1) is 10.1 Å². The minimum Gasteiger partial charge on any atom is -0.502 e. The lowest BCUT2D eigenvalue weighted by molar-refractivity contribution is -0.385. The summed E-state index contributed by atoms with van der Waals surface area (Å²) in [6.45, 7) is 0.491. The molecule has 2 aromatic rings. The van der Waals surface area contributed by atoms with Gasteiger partial charge in [0, 0.05) is 24.1 Å². The molecule has 0 fully saturated rings. The Morgan fingerprint density at radius 2 is 2.09 bits per heavy atom. The van der Waals surface area contributed by atoms with Crippen molar-refractivity contribution < 1.29 is 14.8 Å². The van der Waals surface area contributed by atoms with E-state index in [2.05, 4.69) is 11.4 Å². The second kappa shape index (κ2) is 5.48. The van der Waals surface area contributed by atoms with Crippen molar-refractivity contribution in [3.63, 3.8) is 0 Å². The van der Waals surface area contributed by atoms with Gasteiger partial charge in [0.2, 0.25) is 0 Å². The van der Waals surface area contributed by atoms with Gasteiger partial charge in [-0.25, -0.2) is 0 Å². The second-order valence-electron chi connectivity index (χ2n) is 5.27. The Kier molecular flexibility index (Phi) is 3.50. The first kappa shape index (κ1) is 14.1. The Hall–Kier alpha value is -2.89. The molecule has 0 saturated heterocycles. The average Bonchev–Trinajstić information content (AvgIpc) is 2.48. The summed E-state index contributed by atoms with van der Waals surface area (Å²) in [5, 5.41) is 22.9. The van der Waals surface area contributed by atoms with Crippen LogP contribution < -0.4 is 5.32 Å². The molecule has 2 N–H and O–H groups in total. The van der Waals surface area contributed by atoms with Gasteiger partial charge in [-0.2, -0.15) is 0 Å². The molecule has 0 heterocycles. The maximum atomic E-state index is 12.1. The average molecular weight is 298 g/mol. The summed E-state index contributed by atoms with van der Waals surface area (Å²) in [4.78, 5) is 22.1. The molecule has 2 aromatic carbocycles. The van der Waals surface area contributed by atoms with Gasteiger partial charge in [-0.05, 0) is 29.7 Å². The number of hydrogen-bond donors (Lipinski definition) is 2. The fourth-order valence-electron chi connectivity index (χ4n) is 2.67. The van der Waals surface area contributed by atoms with Gasteiger partial charge in [-0.1, -0.05) is 24.3 Å². The molecule has 22 heavy (non-hydrogen) atoms. The standard InChI is InChI=1S/C16H14N2O4/c19-15-6-5-11(8-14(15)18(21)22)16(20)17-9-12-7-10-3-1-2-4-13(10)12/h1-6,8,12,19H,7,9H2,(H,17,20)/t12-/m0/s1. The number of aromatic hydroxyl groups is 1. The largest absolute Gasteiger partial charge is 0.502 e. The Morgan fingerprint density at radius 1 is 1.32 bits per heavy atom. The van der Waals surface area contributed by atoms with Crippen molar-refractivity contribution in [1.82, 2.24) is 5.32 Å². The number of fused-ring (bicyclic) bond motifs is 1. The highest BCUT2D eigenvalue weighted by Crippen LogP contribution is 2.34. The van der Waals surface area contributed by atoms with Crippen LogP contribution in [0.15, 0.2) is 42.5 Å². The summed E-state index contributed by atoms with van der Waals surface area (Å²) in [7, 11) is 0. The molecule has 0 spiro atoms. The van der Waals surface area contributed by atoms with E-state index in [9.17, 15) is 20.0 Å². The molecule has 1 aliphatic carbocycles. The number of nitrogens with one attached hydrogen (secondary N) is 1. The molecule has 0 aromatic heterocycles. The maximum absolute atomic E-state index is 12.1. The van der Waals surface area contributed by atoms with Gasteiger partial charge < -0.3 is 10.4 Å². The highest BCUT2D eigenvalue weighted by Gasteiger charge is 2.26. The highest BCUT2D eigenvalue weighted by atomic mass is 16.6. The normalized spacial score (nSPS) is 15.5. The van der Waals surface area contributed by atoms with E-state index in [-0.39, 0.29) is 17.4 Å². The van der Waals surface area contributed by atoms with E-state index < -0.39 is 16.4 Å². The second-order valence-corrected chi connectivity index (χ2v) is 5.27. The molecule has 112 valence electrons. The van der Waals surface area contributed by atoms with Crippen molar-refractivity contribution in [2.45, 2.75) is 12.3 Å². The molecule has 3 rings (SSSR count). The van der Waals surface area contributed by atoms with E-state index in [4.69, 9.17) is 0 Å². The van der Waals surface area contributed by atoms with Crippen molar-refractivity contribution in [3.05, 3.63) is 69.3 Å². The molecular formula is C16H14N2O4. The van der Waals surface area contributed by atoms with Gasteiger partial charge in [0.25, 0.3) is 5.91 Å². The van der Waals surface area contributed by atoms with Crippen LogP contribution in [0.2, 0.25) is 0 Å². The number of nitro groups is 1. The number of phenols is 1. The predicted octanol–water partition coefficient (Wildman–Crippen LogP) is 2.37. The summed E-state index contributed by atoms with van der Waals surface area (Å²) >= 11 is 0. The van der Waals surface area contributed by atoms with Crippen molar-refractivity contribution in [1.29, 1.82) is 0 Å². The topological polar surface area (TPSA) is 92.5 Å². The lowest BCUT2D eigenvalue weighted by atomic mass is 9.77. The third kappa shape index (κ3) is 2.50. The zero-order valence-corrected chi connectivity index (χ0v) is 11.7. The van der Waals surface area contributed by atoms with Crippen LogP contribution in [0.3, 0.4) is 0 Å². The first-order valence-corrected chi connectivity index (χ1v) is 6.89. The number of amides is 1. The number of phenolic OH excluding ortho intramolecular Hbond substituents is 1. The van der Waals surface area contributed by atoms with E-state index >= 15 is 0 Å². The van der Waals surface area contributed by atoms with E-state index in [1.807, 2.05) is 18.2 Å². The Morgan fingerprint density at radius 3 is 2.82 bits per heavy atom. The van der Waals surface area contributed by atoms with Gasteiger partial charge in [0.1, 0.15) is 0 Å². The molecule has 6 heteroatoms.